The zero-order valence-electron chi connectivity index (χ0n) is 16.7. The maximum Gasteiger partial charge on any atom is 0.416 e. The number of aliphatic imine (C=N–C) groups is 1. The molecule has 1 aromatic heterocycles. The van der Waals surface area contributed by atoms with Crippen molar-refractivity contribution in [3.05, 3.63) is 82.3 Å². The minimum atomic E-state index is -4.52. The molecule has 158 valence electrons. The van der Waals surface area contributed by atoms with E-state index in [1.807, 2.05) is 18.2 Å². The van der Waals surface area contributed by atoms with Crippen molar-refractivity contribution in [2.45, 2.75) is 26.4 Å². The molecular weight excluding hydrogens is 407 g/mol. The Kier molecular flexibility index (Phi) is 5.00. The van der Waals surface area contributed by atoms with Crippen LogP contribution in [0.25, 0.3) is 11.1 Å². The molecule has 8 heteroatoms. The van der Waals surface area contributed by atoms with Gasteiger partial charge in [0, 0.05) is 19.1 Å². The topological polar surface area (TPSA) is 68.4 Å². The fraction of sp³-hybridized carbons (Fsp3) is 0.174. The summed E-state index contributed by atoms with van der Waals surface area (Å²) in [6.45, 7) is 3.07. The van der Waals surface area contributed by atoms with Crippen LogP contribution in [0.3, 0.4) is 0 Å². The summed E-state index contributed by atoms with van der Waals surface area (Å²) in [6, 6.07) is 13.0. The molecule has 0 saturated carbocycles. The van der Waals surface area contributed by atoms with Gasteiger partial charge in [-0.2, -0.15) is 17.9 Å². The highest BCUT2D eigenvalue weighted by atomic mass is 19.4. The van der Waals surface area contributed by atoms with E-state index >= 15 is 0 Å². The zero-order chi connectivity index (χ0) is 22.3. The van der Waals surface area contributed by atoms with Gasteiger partial charge in [0.05, 0.1) is 29.1 Å². The number of hydrogen-bond donors (Lipinski definition) is 1. The highest BCUT2D eigenvalue weighted by Crippen LogP contribution is 2.39. The van der Waals surface area contributed by atoms with Crippen LogP contribution < -0.4 is 10.0 Å². The Morgan fingerprint density at radius 1 is 1.03 bits per heavy atom. The molecule has 2 aromatic carbocycles. The van der Waals surface area contributed by atoms with Crippen LogP contribution in [0.15, 0.2) is 59.7 Å². The Morgan fingerprint density at radius 3 is 2.45 bits per heavy atom. The number of aromatic nitrogens is 1. The van der Waals surface area contributed by atoms with Crippen LogP contribution in [0.1, 0.15) is 28.8 Å². The smallest absolute Gasteiger partial charge is 0.416 e. The van der Waals surface area contributed by atoms with E-state index in [9.17, 15) is 23.2 Å². The fourth-order valence-corrected chi connectivity index (χ4v) is 3.55. The summed E-state index contributed by atoms with van der Waals surface area (Å²) < 4.78 is 40.5. The number of alkyl halides is 3. The third-order valence-electron chi connectivity index (χ3n) is 5.14. The Morgan fingerprint density at radius 2 is 1.74 bits per heavy atom. The van der Waals surface area contributed by atoms with Crippen molar-refractivity contribution in [1.82, 2.24) is 0 Å². The summed E-state index contributed by atoms with van der Waals surface area (Å²) in [7, 11) is 0. The first-order chi connectivity index (χ1) is 14.6. The Hall–Kier alpha value is -3.68. The van der Waals surface area contributed by atoms with E-state index in [0.29, 0.717) is 17.0 Å². The number of hydrogen-bond acceptors (Lipinski definition) is 3. The van der Waals surface area contributed by atoms with E-state index in [0.717, 1.165) is 21.9 Å². The lowest BCUT2D eigenvalue weighted by Gasteiger charge is -2.13. The minimum absolute atomic E-state index is 0.0323. The summed E-state index contributed by atoms with van der Waals surface area (Å²) in [5.41, 5.74) is 2.87. The van der Waals surface area contributed by atoms with Gasteiger partial charge in [-0.25, -0.2) is 0 Å². The molecule has 0 saturated heterocycles. The zero-order valence-corrected chi connectivity index (χ0v) is 16.7. The molecule has 1 aliphatic rings. The molecule has 1 N–H and O–H groups in total. The third kappa shape index (κ3) is 4.14. The van der Waals surface area contributed by atoms with Crippen LogP contribution >= 0.6 is 0 Å². The number of halogens is 3. The second kappa shape index (κ2) is 7.54. The molecule has 3 aromatic rings. The van der Waals surface area contributed by atoms with Gasteiger partial charge in [0.2, 0.25) is 5.91 Å². The third-order valence-corrected chi connectivity index (χ3v) is 5.14. The van der Waals surface area contributed by atoms with E-state index < -0.39 is 17.6 Å². The summed E-state index contributed by atoms with van der Waals surface area (Å²) in [5.74, 6) is -0.442. The number of rotatable bonds is 2. The standard InChI is InChI=1S/C23H18F3N3O2/c1-13-8-20-21(11-18(13)23(24,25)26)28-22(30)12-19(27-20)17-5-3-4-15(10-17)16-6-7-29(31)14(2)9-16/h3-11H,12H2,1-2H3,(H,28,30). The maximum absolute atomic E-state index is 13.2. The highest BCUT2D eigenvalue weighted by molar-refractivity contribution is 6.17. The number of carbonyl (C=O) groups is 1. The first-order valence-corrected chi connectivity index (χ1v) is 9.52. The normalized spacial score (nSPS) is 13.8. The first kappa shape index (κ1) is 20.6. The highest BCUT2D eigenvalue weighted by Gasteiger charge is 2.34. The molecule has 1 aliphatic heterocycles. The van der Waals surface area contributed by atoms with Gasteiger partial charge in [-0.3, -0.25) is 9.79 Å². The Labute approximate surface area is 176 Å². The van der Waals surface area contributed by atoms with Gasteiger partial charge in [-0.15, -0.1) is 0 Å². The predicted octanol–water partition coefficient (Wildman–Crippen LogP) is 5.09. The van der Waals surface area contributed by atoms with Crippen molar-refractivity contribution in [3.63, 3.8) is 0 Å². The molecule has 0 bridgehead atoms. The number of aryl methyl sites for hydroxylation is 2. The van der Waals surface area contributed by atoms with Crippen molar-refractivity contribution in [1.29, 1.82) is 0 Å². The number of nitrogens with one attached hydrogen (secondary N) is 1. The molecule has 2 heterocycles. The summed E-state index contributed by atoms with van der Waals surface area (Å²) in [6.07, 6.45) is -3.18. The molecule has 0 unspecified atom stereocenters. The van der Waals surface area contributed by atoms with Gasteiger partial charge >= 0.3 is 6.18 Å². The lowest BCUT2D eigenvalue weighted by Crippen LogP contribution is -2.28. The number of carbonyl (C=O) groups excluding carboxylic acids is 1. The predicted molar refractivity (Wildman–Crippen MR) is 111 cm³/mol. The van der Waals surface area contributed by atoms with E-state index in [-0.39, 0.29) is 23.4 Å². The quantitative estimate of drug-likeness (QED) is 0.459. The number of nitrogens with zero attached hydrogens (tertiary/aromatic N) is 2. The van der Waals surface area contributed by atoms with E-state index in [4.69, 9.17) is 0 Å². The van der Waals surface area contributed by atoms with Crippen molar-refractivity contribution < 1.29 is 22.7 Å². The Bertz CT molecular complexity index is 1230. The van der Waals surface area contributed by atoms with Crippen molar-refractivity contribution >= 4 is 23.0 Å². The number of fused-ring (bicyclic) bond motifs is 1. The van der Waals surface area contributed by atoms with Crippen LogP contribution in [-0.2, 0) is 11.0 Å². The SMILES string of the molecule is Cc1cc2c(cc1C(F)(F)F)NC(=O)CC(c1cccc(-c3cc[n+]([O-])c(C)c3)c1)=N2. The van der Waals surface area contributed by atoms with E-state index in [1.165, 1.54) is 19.2 Å². The second-order valence-corrected chi connectivity index (χ2v) is 7.43. The first-order valence-electron chi connectivity index (χ1n) is 9.52. The number of anilines is 1. The molecule has 0 atom stereocenters. The fourth-order valence-electron chi connectivity index (χ4n) is 3.55. The van der Waals surface area contributed by atoms with Crippen LogP contribution in [0, 0.1) is 19.1 Å². The average Bonchev–Trinajstić information content (AvgIpc) is 2.86. The van der Waals surface area contributed by atoms with Crippen molar-refractivity contribution in [2.75, 3.05) is 5.32 Å². The molecule has 5 nitrogen and oxygen atoms in total. The second-order valence-electron chi connectivity index (χ2n) is 7.43. The minimum Gasteiger partial charge on any atom is -0.619 e. The molecule has 0 aliphatic carbocycles. The molecular formula is C23H18F3N3O2. The molecule has 0 fully saturated rings. The average molecular weight is 425 g/mol. The van der Waals surface area contributed by atoms with Crippen LogP contribution in [0.4, 0.5) is 24.5 Å². The van der Waals surface area contributed by atoms with E-state index in [1.54, 1.807) is 25.1 Å². The van der Waals surface area contributed by atoms with Crippen molar-refractivity contribution in [3.8, 4) is 11.1 Å². The van der Waals surface area contributed by atoms with Gasteiger partial charge in [-0.05, 0) is 47.4 Å². The molecule has 0 radical (unpaired) electrons. The number of amides is 1. The Balaban J connectivity index is 1.79. The molecule has 1 amide bonds. The number of pyridine rings is 1. The lowest BCUT2D eigenvalue weighted by molar-refractivity contribution is -0.612. The van der Waals surface area contributed by atoms with Gasteiger partial charge in [-0.1, -0.05) is 18.2 Å². The van der Waals surface area contributed by atoms with Gasteiger partial charge in [0.1, 0.15) is 0 Å². The van der Waals surface area contributed by atoms with Gasteiger partial charge in [0.15, 0.2) is 11.9 Å². The van der Waals surface area contributed by atoms with Crippen LogP contribution in [0.5, 0.6) is 0 Å². The monoisotopic (exact) mass is 425 g/mol. The summed E-state index contributed by atoms with van der Waals surface area (Å²) in [4.78, 5) is 16.9. The number of benzene rings is 2. The maximum atomic E-state index is 13.2. The van der Waals surface area contributed by atoms with Crippen LogP contribution in [0.2, 0.25) is 0 Å². The molecule has 0 spiro atoms. The summed E-state index contributed by atoms with van der Waals surface area (Å²) in [5, 5.41) is 14.1. The van der Waals surface area contributed by atoms with E-state index in [2.05, 4.69) is 10.3 Å². The van der Waals surface area contributed by atoms with Gasteiger partial charge in [0.25, 0.3) is 0 Å². The summed E-state index contributed by atoms with van der Waals surface area (Å²) >= 11 is 0. The molecule has 4 rings (SSSR count). The van der Waals surface area contributed by atoms with Crippen LogP contribution in [-0.4, -0.2) is 11.6 Å². The van der Waals surface area contributed by atoms with Crippen molar-refractivity contribution in [2.24, 2.45) is 4.99 Å². The lowest BCUT2D eigenvalue weighted by atomic mass is 9.99. The largest absolute Gasteiger partial charge is 0.619 e. The molecule has 31 heavy (non-hydrogen) atoms. The van der Waals surface area contributed by atoms with Gasteiger partial charge < -0.3 is 10.5 Å².